The fourth-order valence-electron chi connectivity index (χ4n) is 7.37. The molecule has 0 aromatic carbocycles. The van der Waals surface area contributed by atoms with Crippen molar-refractivity contribution in [2.75, 3.05) is 26.4 Å². The quantitative estimate of drug-likeness (QED) is 0.0264. The van der Waals surface area contributed by atoms with Gasteiger partial charge in [0, 0.05) is 19.4 Å². The molecule has 396 valence electrons. The monoisotopic (exact) mass is 984 g/mol. The van der Waals surface area contributed by atoms with Crippen LogP contribution in [0, 0.1) is 0 Å². The van der Waals surface area contributed by atoms with E-state index < -0.39 is 32.5 Å². The third-order valence-electron chi connectivity index (χ3n) is 11.5. The van der Waals surface area contributed by atoms with Gasteiger partial charge >= 0.3 is 19.8 Å². The van der Waals surface area contributed by atoms with E-state index in [1.165, 1.54) is 89.9 Å². The van der Waals surface area contributed by atoms with Crippen LogP contribution in [-0.4, -0.2) is 49.3 Å². The van der Waals surface area contributed by atoms with E-state index in [9.17, 15) is 19.0 Å². The average Bonchev–Trinajstić information content (AvgIpc) is 3.34. The number of rotatable bonds is 51. The standard InChI is InChI=1S/C59H102NO8P/c1-3-5-7-9-11-13-15-17-19-20-21-22-23-24-25-26-27-28-29-30-31-32-33-34-35-36-38-40-42-44-46-48-50-52-59(62)68-57(56-67-69(63,64)66-54-53-60)55-65-58(61)51-49-47-45-43-41-39-37-18-16-14-12-10-8-6-4-2/h5,7,11,13,17-19,21-22,24-25,27-28,30-31,37,57H,3-4,6,8-10,12,14-16,20,23,26,29,32-36,38-56,60H2,1-2H3,(H,63,64)/b7-5-,13-11-,19-17-,22-21-,25-24-,28-27-,31-30-,37-18-. The molecule has 10 heteroatoms. The average molecular weight is 984 g/mol. The molecule has 0 heterocycles. The summed E-state index contributed by atoms with van der Waals surface area (Å²) in [7, 11) is -4.39. The van der Waals surface area contributed by atoms with Crippen molar-refractivity contribution in [1.82, 2.24) is 0 Å². The van der Waals surface area contributed by atoms with E-state index in [4.69, 9.17) is 24.3 Å². The van der Waals surface area contributed by atoms with Crippen LogP contribution >= 0.6 is 7.82 Å². The van der Waals surface area contributed by atoms with E-state index in [0.717, 1.165) is 109 Å². The van der Waals surface area contributed by atoms with Crippen molar-refractivity contribution in [3.05, 3.63) is 97.2 Å². The summed E-state index contributed by atoms with van der Waals surface area (Å²) in [6.45, 7) is 3.61. The lowest BCUT2D eigenvalue weighted by atomic mass is 10.0. The van der Waals surface area contributed by atoms with Crippen LogP contribution in [0.15, 0.2) is 97.2 Å². The Morgan fingerprint density at radius 3 is 1.20 bits per heavy atom. The molecule has 0 saturated heterocycles. The van der Waals surface area contributed by atoms with Crippen molar-refractivity contribution in [3.63, 3.8) is 0 Å². The molecule has 0 fully saturated rings. The highest BCUT2D eigenvalue weighted by Crippen LogP contribution is 2.43. The Labute approximate surface area is 423 Å². The lowest BCUT2D eigenvalue weighted by Gasteiger charge is -2.19. The number of nitrogens with two attached hydrogens (primary N) is 1. The van der Waals surface area contributed by atoms with Crippen LogP contribution in [0.3, 0.4) is 0 Å². The number of carbonyl (C=O) groups excluding carboxylic acids is 2. The van der Waals surface area contributed by atoms with Gasteiger partial charge in [-0.25, -0.2) is 4.57 Å². The molecule has 0 aliphatic heterocycles. The number of phosphoric ester groups is 1. The molecule has 0 radical (unpaired) electrons. The number of allylic oxidation sites excluding steroid dienone is 16. The van der Waals surface area contributed by atoms with Crippen molar-refractivity contribution in [2.24, 2.45) is 5.73 Å². The number of ether oxygens (including phenoxy) is 2. The molecule has 0 aliphatic rings. The molecular weight excluding hydrogens is 882 g/mol. The molecular formula is C59H102NO8P. The van der Waals surface area contributed by atoms with Crippen molar-refractivity contribution in [1.29, 1.82) is 0 Å². The fourth-order valence-corrected chi connectivity index (χ4v) is 8.14. The van der Waals surface area contributed by atoms with Gasteiger partial charge in [-0.15, -0.1) is 0 Å². The van der Waals surface area contributed by atoms with E-state index in [1.807, 2.05) is 0 Å². The van der Waals surface area contributed by atoms with E-state index >= 15 is 0 Å². The van der Waals surface area contributed by atoms with Crippen molar-refractivity contribution < 1.29 is 37.6 Å². The molecule has 0 bridgehead atoms. The van der Waals surface area contributed by atoms with Gasteiger partial charge in [0.15, 0.2) is 6.10 Å². The van der Waals surface area contributed by atoms with Crippen LogP contribution < -0.4 is 5.73 Å². The Kier molecular flexibility index (Phi) is 51.9. The third kappa shape index (κ3) is 54.1. The minimum atomic E-state index is -4.39. The summed E-state index contributed by atoms with van der Waals surface area (Å²) in [4.78, 5) is 35.1. The minimum absolute atomic E-state index is 0.0482. The Bertz CT molecular complexity index is 1450. The Hall–Kier alpha value is -3.07. The topological polar surface area (TPSA) is 134 Å². The summed E-state index contributed by atoms with van der Waals surface area (Å²) in [6.07, 6.45) is 71.7. The van der Waals surface area contributed by atoms with E-state index in [1.54, 1.807) is 0 Å². The lowest BCUT2D eigenvalue weighted by Crippen LogP contribution is -2.29. The van der Waals surface area contributed by atoms with Gasteiger partial charge in [-0.05, 0) is 96.3 Å². The number of hydrogen-bond acceptors (Lipinski definition) is 8. The number of esters is 2. The Balaban J connectivity index is 3.99. The van der Waals surface area contributed by atoms with Gasteiger partial charge in [0.2, 0.25) is 0 Å². The second kappa shape index (κ2) is 54.3. The zero-order chi connectivity index (χ0) is 50.2. The number of phosphoric acid groups is 1. The minimum Gasteiger partial charge on any atom is -0.462 e. The number of unbranched alkanes of at least 4 members (excludes halogenated alkanes) is 22. The van der Waals surface area contributed by atoms with Gasteiger partial charge in [-0.1, -0.05) is 220 Å². The van der Waals surface area contributed by atoms with Crippen LogP contribution in [0.4, 0.5) is 0 Å². The molecule has 0 saturated carbocycles. The molecule has 9 nitrogen and oxygen atoms in total. The van der Waals surface area contributed by atoms with Gasteiger partial charge in [0.05, 0.1) is 13.2 Å². The van der Waals surface area contributed by atoms with Crippen LogP contribution in [-0.2, 0) is 32.7 Å². The molecule has 3 N–H and O–H groups in total. The molecule has 2 unspecified atom stereocenters. The summed E-state index contributed by atoms with van der Waals surface area (Å²) in [5.74, 6) is -0.843. The van der Waals surface area contributed by atoms with E-state index in [-0.39, 0.29) is 32.6 Å². The van der Waals surface area contributed by atoms with Crippen molar-refractivity contribution in [2.45, 2.75) is 238 Å². The molecule has 0 spiro atoms. The van der Waals surface area contributed by atoms with Crippen molar-refractivity contribution in [3.8, 4) is 0 Å². The van der Waals surface area contributed by atoms with Crippen LogP contribution in [0.5, 0.6) is 0 Å². The van der Waals surface area contributed by atoms with Crippen molar-refractivity contribution >= 4 is 19.8 Å². The predicted octanol–water partition coefficient (Wildman–Crippen LogP) is 17.3. The van der Waals surface area contributed by atoms with Crippen LogP contribution in [0.1, 0.15) is 232 Å². The molecule has 0 aromatic rings. The smallest absolute Gasteiger partial charge is 0.462 e. The second-order valence-electron chi connectivity index (χ2n) is 18.1. The summed E-state index contributed by atoms with van der Waals surface area (Å²) >= 11 is 0. The molecule has 2 atom stereocenters. The fraction of sp³-hybridized carbons (Fsp3) is 0.695. The molecule has 0 aliphatic carbocycles. The van der Waals surface area contributed by atoms with Gasteiger partial charge in [-0.2, -0.15) is 0 Å². The zero-order valence-electron chi connectivity index (χ0n) is 44.0. The first-order valence-corrected chi connectivity index (χ1v) is 29.2. The maximum atomic E-state index is 12.7. The third-order valence-corrected chi connectivity index (χ3v) is 12.4. The first-order chi connectivity index (χ1) is 33.8. The lowest BCUT2D eigenvalue weighted by molar-refractivity contribution is -0.161. The second-order valence-corrected chi connectivity index (χ2v) is 19.5. The normalized spacial score (nSPS) is 13.9. The van der Waals surface area contributed by atoms with Crippen LogP contribution in [0.25, 0.3) is 0 Å². The molecule has 0 rings (SSSR count). The largest absolute Gasteiger partial charge is 0.472 e. The maximum absolute atomic E-state index is 12.7. The first kappa shape index (κ1) is 65.9. The zero-order valence-corrected chi connectivity index (χ0v) is 44.9. The maximum Gasteiger partial charge on any atom is 0.472 e. The SMILES string of the molecule is CC/C=C\C/C=C\C/C=C\C/C=C\C/C=C\C/C=C\C/C=C\CCCCCCCCCCCCCC(=O)OC(COC(=O)CCCCCCC/C=C\CCCCCCCC)COP(=O)(O)OCCN. The van der Waals surface area contributed by atoms with Gasteiger partial charge in [0.25, 0.3) is 0 Å². The Morgan fingerprint density at radius 2 is 0.797 bits per heavy atom. The highest BCUT2D eigenvalue weighted by molar-refractivity contribution is 7.47. The first-order valence-electron chi connectivity index (χ1n) is 27.7. The van der Waals surface area contributed by atoms with Crippen LogP contribution in [0.2, 0.25) is 0 Å². The molecule has 69 heavy (non-hydrogen) atoms. The Morgan fingerprint density at radius 1 is 0.449 bits per heavy atom. The number of carbonyl (C=O) groups is 2. The molecule has 0 aromatic heterocycles. The van der Waals surface area contributed by atoms with E-state index in [2.05, 4.69) is 111 Å². The van der Waals surface area contributed by atoms with Gasteiger partial charge in [-0.3, -0.25) is 18.6 Å². The van der Waals surface area contributed by atoms with Gasteiger partial charge < -0.3 is 20.1 Å². The highest BCUT2D eigenvalue weighted by atomic mass is 31.2. The summed E-state index contributed by atoms with van der Waals surface area (Å²) in [5, 5.41) is 0. The summed E-state index contributed by atoms with van der Waals surface area (Å²) in [6, 6.07) is 0. The summed E-state index contributed by atoms with van der Waals surface area (Å²) in [5.41, 5.74) is 5.37. The predicted molar refractivity (Wildman–Crippen MR) is 293 cm³/mol. The van der Waals surface area contributed by atoms with E-state index in [0.29, 0.717) is 6.42 Å². The van der Waals surface area contributed by atoms with Gasteiger partial charge in [0.1, 0.15) is 6.61 Å². The summed E-state index contributed by atoms with van der Waals surface area (Å²) < 4.78 is 32.9. The number of hydrogen-bond donors (Lipinski definition) is 2. The molecule has 0 amide bonds. The highest BCUT2D eigenvalue weighted by Gasteiger charge is 2.26.